The van der Waals surface area contributed by atoms with Crippen molar-refractivity contribution >= 4 is 5.97 Å². The zero-order chi connectivity index (χ0) is 14.8. The van der Waals surface area contributed by atoms with Crippen molar-refractivity contribution in [2.45, 2.75) is 52.9 Å². The quantitative estimate of drug-likeness (QED) is 0.799. The van der Waals surface area contributed by atoms with Gasteiger partial charge in [-0.25, -0.2) is 4.79 Å². The van der Waals surface area contributed by atoms with Crippen LogP contribution in [-0.2, 0) is 11.2 Å². The van der Waals surface area contributed by atoms with Gasteiger partial charge in [0.15, 0.2) is 0 Å². The third-order valence-corrected chi connectivity index (χ3v) is 4.06. The lowest BCUT2D eigenvalue weighted by atomic mass is 9.97. The molecule has 1 aromatic carbocycles. The van der Waals surface area contributed by atoms with Crippen LogP contribution in [0.2, 0.25) is 0 Å². The Morgan fingerprint density at radius 1 is 1.40 bits per heavy atom. The molecule has 0 aromatic heterocycles. The number of carbonyl (C=O) groups is 1. The number of aryl methyl sites for hydroxylation is 2. The molecule has 1 N–H and O–H groups in total. The lowest BCUT2D eigenvalue weighted by Gasteiger charge is -2.15. The predicted molar refractivity (Wildman–Crippen MR) is 79.1 cm³/mol. The van der Waals surface area contributed by atoms with Gasteiger partial charge in [0.2, 0.25) is 0 Å². The number of hydrogen-bond acceptors (Lipinski definition) is 3. The molecule has 3 nitrogen and oxygen atoms in total. The third kappa shape index (κ3) is 3.53. The van der Waals surface area contributed by atoms with Gasteiger partial charge in [0.1, 0.15) is 5.75 Å². The second-order valence-corrected chi connectivity index (χ2v) is 6.29. The van der Waals surface area contributed by atoms with Gasteiger partial charge in [-0.15, -0.1) is 0 Å². The summed E-state index contributed by atoms with van der Waals surface area (Å²) < 4.78 is 5.48. The molecule has 1 aliphatic rings. The second kappa shape index (κ2) is 5.86. The Bertz CT molecular complexity index is 501. The van der Waals surface area contributed by atoms with Crippen molar-refractivity contribution in [3.63, 3.8) is 0 Å². The number of unbranched alkanes of at least 4 members (excludes halogenated alkanes) is 1. The van der Waals surface area contributed by atoms with Gasteiger partial charge in [0.25, 0.3) is 0 Å². The van der Waals surface area contributed by atoms with E-state index in [1.54, 1.807) is 12.1 Å². The Hall–Kier alpha value is -1.51. The first kappa shape index (κ1) is 14.9. The van der Waals surface area contributed by atoms with Gasteiger partial charge in [0.05, 0.1) is 12.2 Å². The molecule has 0 bridgehead atoms. The smallest absolute Gasteiger partial charge is 0.338 e. The molecule has 20 heavy (non-hydrogen) atoms. The first-order valence-corrected chi connectivity index (χ1v) is 7.45. The van der Waals surface area contributed by atoms with E-state index in [2.05, 4.69) is 13.8 Å². The molecule has 0 radical (unpaired) electrons. The van der Waals surface area contributed by atoms with Gasteiger partial charge in [-0.2, -0.15) is 0 Å². The molecule has 110 valence electrons. The summed E-state index contributed by atoms with van der Waals surface area (Å²) in [4.78, 5) is 12.3. The number of ether oxygens (including phenoxy) is 1. The Balaban J connectivity index is 2.16. The van der Waals surface area contributed by atoms with Crippen molar-refractivity contribution in [3.05, 3.63) is 28.8 Å². The maximum Gasteiger partial charge on any atom is 0.338 e. The number of benzene rings is 1. The Morgan fingerprint density at radius 3 is 2.70 bits per heavy atom. The molecule has 3 heteroatoms. The van der Waals surface area contributed by atoms with E-state index in [1.165, 1.54) is 0 Å². The number of phenolic OH excluding ortho intramolecular Hbond substituents is 1. The summed E-state index contributed by atoms with van der Waals surface area (Å²) in [6.07, 6.45) is 5.13. The van der Waals surface area contributed by atoms with Crippen molar-refractivity contribution in [2.75, 3.05) is 6.61 Å². The summed E-state index contributed by atoms with van der Waals surface area (Å²) in [6, 6.07) is 3.32. The van der Waals surface area contributed by atoms with Gasteiger partial charge in [0, 0.05) is 5.41 Å². The van der Waals surface area contributed by atoms with Crippen LogP contribution in [0.15, 0.2) is 12.1 Å². The summed E-state index contributed by atoms with van der Waals surface area (Å²) in [5, 5.41) is 9.72. The van der Waals surface area contributed by atoms with Gasteiger partial charge >= 0.3 is 5.97 Å². The van der Waals surface area contributed by atoms with Gasteiger partial charge < -0.3 is 9.84 Å². The molecule has 0 spiro atoms. The highest BCUT2D eigenvalue weighted by Crippen LogP contribution is 2.45. The molecule has 0 unspecified atom stereocenters. The molecular formula is C17H24O3. The number of aromatic hydroxyl groups is 1. The van der Waals surface area contributed by atoms with Crippen molar-refractivity contribution < 1.29 is 14.6 Å². The van der Waals surface area contributed by atoms with Crippen LogP contribution in [0.4, 0.5) is 0 Å². The van der Waals surface area contributed by atoms with E-state index < -0.39 is 0 Å². The van der Waals surface area contributed by atoms with E-state index >= 15 is 0 Å². The van der Waals surface area contributed by atoms with Crippen molar-refractivity contribution in [1.29, 1.82) is 0 Å². The maximum atomic E-state index is 12.3. The zero-order valence-electron chi connectivity index (χ0n) is 12.7. The van der Waals surface area contributed by atoms with E-state index in [4.69, 9.17) is 4.74 Å². The molecule has 0 amide bonds. The SMILES string of the molecule is CCCCc1cc(O)cc(C)c1C(=O)OCC1(C)CC1. The van der Waals surface area contributed by atoms with Crippen LogP contribution in [-0.4, -0.2) is 17.7 Å². The van der Waals surface area contributed by atoms with E-state index in [-0.39, 0.29) is 17.1 Å². The van der Waals surface area contributed by atoms with Crippen molar-refractivity contribution in [2.24, 2.45) is 5.41 Å². The highest BCUT2D eigenvalue weighted by molar-refractivity contribution is 5.93. The summed E-state index contributed by atoms with van der Waals surface area (Å²) in [5.41, 5.74) is 2.53. The van der Waals surface area contributed by atoms with Gasteiger partial charge in [-0.3, -0.25) is 0 Å². The van der Waals surface area contributed by atoms with Crippen LogP contribution >= 0.6 is 0 Å². The predicted octanol–water partition coefficient (Wildman–Crippen LogP) is 4.00. The first-order valence-electron chi connectivity index (χ1n) is 7.45. The molecule has 1 aliphatic carbocycles. The van der Waals surface area contributed by atoms with E-state index in [9.17, 15) is 9.90 Å². The number of hydrogen-bond donors (Lipinski definition) is 1. The third-order valence-electron chi connectivity index (χ3n) is 4.06. The summed E-state index contributed by atoms with van der Waals surface area (Å²) in [7, 11) is 0. The number of carbonyl (C=O) groups excluding carboxylic acids is 1. The molecule has 1 saturated carbocycles. The molecule has 0 aliphatic heterocycles. The Labute approximate surface area is 121 Å². The normalized spacial score (nSPS) is 15.9. The Morgan fingerprint density at radius 2 is 2.10 bits per heavy atom. The fourth-order valence-electron chi connectivity index (χ4n) is 2.37. The zero-order valence-corrected chi connectivity index (χ0v) is 12.7. The number of phenols is 1. The minimum absolute atomic E-state index is 0.198. The van der Waals surface area contributed by atoms with E-state index in [0.717, 1.165) is 43.2 Å². The average molecular weight is 276 g/mol. The highest BCUT2D eigenvalue weighted by atomic mass is 16.5. The molecule has 2 rings (SSSR count). The van der Waals surface area contributed by atoms with E-state index in [0.29, 0.717) is 12.2 Å². The van der Waals surface area contributed by atoms with Crippen LogP contribution in [0.5, 0.6) is 5.75 Å². The average Bonchev–Trinajstić information content (AvgIpc) is 3.11. The van der Waals surface area contributed by atoms with Crippen molar-refractivity contribution in [3.8, 4) is 5.75 Å². The molecular weight excluding hydrogens is 252 g/mol. The fraction of sp³-hybridized carbons (Fsp3) is 0.588. The molecule has 0 heterocycles. The second-order valence-electron chi connectivity index (χ2n) is 6.29. The van der Waals surface area contributed by atoms with Gasteiger partial charge in [-0.1, -0.05) is 20.3 Å². The minimum Gasteiger partial charge on any atom is -0.508 e. The van der Waals surface area contributed by atoms with Crippen molar-refractivity contribution in [1.82, 2.24) is 0 Å². The van der Waals surface area contributed by atoms with Crippen LogP contribution in [0.3, 0.4) is 0 Å². The highest BCUT2D eigenvalue weighted by Gasteiger charge is 2.38. The lowest BCUT2D eigenvalue weighted by molar-refractivity contribution is 0.0428. The fourth-order valence-corrected chi connectivity index (χ4v) is 2.37. The number of esters is 1. The van der Waals surface area contributed by atoms with Crippen LogP contribution in [0, 0.1) is 12.3 Å². The monoisotopic (exact) mass is 276 g/mol. The van der Waals surface area contributed by atoms with Crippen LogP contribution in [0.25, 0.3) is 0 Å². The molecule has 0 saturated heterocycles. The molecule has 1 aromatic rings. The standard InChI is InChI=1S/C17H24O3/c1-4-5-6-13-10-14(18)9-12(2)15(13)16(19)20-11-17(3)7-8-17/h9-10,18H,4-8,11H2,1-3H3. The number of rotatable bonds is 6. The summed E-state index contributed by atoms with van der Waals surface area (Å²) >= 11 is 0. The van der Waals surface area contributed by atoms with E-state index in [1.807, 2.05) is 6.92 Å². The molecule has 0 atom stereocenters. The molecule has 1 fully saturated rings. The topological polar surface area (TPSA) is 46.5 Å². The summed E-state index contributed by atoms with van der Waals surface area (Å²) in [5.74, 6) is -0.0268. The first-order chi connectivity index (χ1) is 9.45. The summed E-state index contributed by atoms with van der Waals surface area (Å²) in [6.45, 7) is 6.60. The Kier molecular flexibility index (Phi) is 4.36. The van der Waals surface area contributed by atoms with Crippen LogP contribution < -0.4 is 0 Å². The lowest BCUT2D eigenvalue weighted by Crippen LogP contribution is -2.15. The minimum atomic E-state index is -0.248. The van der Waals surface area contributed by atoms with Crippen LogP contribution in [0.1, 0.15) is 61.0 Å². The maximum absolute atomic E-state index is 12.3. The largest absolute Gasteiger partial charge is 0.508 e. The van der Waals surface area contributed by atoms with Gasteiger partial charge in [-0.05, 0) is 55.9 Å².